The maximum atomic E-state index is 17.4. The minimum Gasteiger partial charge on any atom is -0.480 e. The second-order valence-corrected chi connectivity index (χ2v) is 16.3. The number of nitrogens with one attached hydrogen (secondary N) is 1. The monoisotopic (exact) mass is 745 g/mol. The topological polar surface area (TPSA) is 189 Å². The molecule has 3 saturated carbocycles. The van der Waals surface area contributed by atoms with Crippen molar-refractivity contribution in [3.63, 3.8) is 0 Å². The number of aliphatic hydroxyl groups excluding tert-OH is 1. The number of aliphatic carboxylic acids is 1. The number of fused-ring (bicyclic) bond motifs is 5. The van der Waals surface area contributed by atoms with Crippen molar-refractivity contribution in [3.8, 4) is 17.6 Å². The molecule has 3 fully saturated rings. The maximum Gasteiger partial charge on any atom is 0.527 e. The Morgan fingerprint density at radius 3 is 2.44 bits per heavy atom. The Kier molecular flexibility index (Phi) is 11.3. The Bertz CT molecular complexity index is 1740. The first kappa shape index (κ1) is 39.8. The van der Waals surface area contributed by atoms with Crippen molar-refractivity contribution in [3.05, 3.63) is 48.1 Å². The molecular weight excluding hydrogens is 696 g/mol. The average Bonchev–Trinajstić information content (AvgIpc) is 3.29. The number of anilines is 1. The molecule has 0 spiro atoms. The number of hydrogen-bond donors (Lipinski definition) is 5. The van der Waals surface area contributed by atoms with Crippen molar-refractivity contribution < 1.29 is 57.3 Å². The molecule has 1 aromatic rings. The molecule has 4 aliphatic carbocycles. The van der Waals surface area contributed by atoms with Gasteiger partial charge in [-0.25, -0.2) is 13.8 Å². The smallest absolute Gasteiger partial charge is 0.480 e. The molecule has 52 heavy (non-hydrogen) atoms. The molecule has 14 heteroatoms. The van der Waals surface area contributed by atoms with Crippen LogP contribution in [0.1, 0.15) is 73.1 Å². The van der Waals surface area contributed by atoms with Crippen molar-refractivity contribution in [2.75, 3.05) is 18.5 Å². The van der Waals surface area contributed by atoms with Gasteiger partial charge in [0.15, 0.2) is 17.2 Å². The van der Waals surface area contributed by atoms with E-state index in [9.17, 15) is 34.1 Å². The normalized spacial score (nSPS) is 35.7. The van der Waals surface area contributed by atoms with Gasteiger partial charge in [0.25, 0.3) is 0 Å². The predicted molar refractivity (Wildman–Crippen MR) is 189 cm³/mol. The number of allylic oxidation sites excluding steroid dienone is 4. The van der Waals surface area contributed by atoms with Gasteiger partial charge in [0.05, 0.1) is 12.1 Å². The van der Waals surface area contributed by atoms with Crippen LogP contribution in [-0.2, 0) is 28.2 Å². The molecule has 0 heterocycles. The molecule has 12 nitrogen and oxygen atoms in total. The maximum absolute atomic E-state index is 17.4. The van der Waals surface area contributed by atoms with Gasteiger partial charge in [0.2, 0.25) is 0 Å². The SMILES string of the molecule is CCC(C#CC(CC)OCC(=O)O)Nc1ccc(OP(=O)(O)OCC(=O)[C@@]2(O)[C@H](C)C[C@H]3[C@@H]4CCC5=CC(=O)C=C[C@]5(C)[C@@]4(F)[C@@H](O)C[C@@]32C)cc1. The second kappa shape index (κ2) is 14.8. The van der Waals surface area contributed by atoms with Gasteiger partial charge in [-0.2, -0.15) is 0 Å². The van der Waals surface area contributed by atoms with Gasteiger partial charge in [-0.15, -0.1) is 0 Å². The largest absolute Gasteiger partial charge is 0.527 e. The molecule has 0 bridgehead atoms. The third kappa shape index (κ3) is 7.02. The number of halogens is 1. The molecule has 284 valence electrons. The summed E-state index contributed by atoms with van der Waals surface area (Å²) in [5.41, 5.74) is -5.48. The molecular formula is C38H49FNO11P. The van der Waals surface area contributed by atoms with Crippen LogP contribution in [0.5, 0.6) is 5.75 Å². The summed E-state index contributed by atoms with van der Waals surface area (Å²) in [5, 5.41) is 35.7. The van der Waals surface area contributed by atoms with Crippen LogP contribution in [-0.4, -0.2) is 80.5 Å². The van der Waals surface area contributed by atoms with Crippen LogP contribution in [0.4, 0.5) is 10.1 Å². The molecule has 0 amide bonds. The summed E-state index contributed by atoms with van der Waals surface area (Å²) in [7, 11) is -4.86. The number of carbonyl (C=O) groups excluding carboxylic acids is 2. The molecule has 4 aliphatic rings. The molecule has 11 atom stereocenters. The first-order chi connectivity index (χ1) is 24.3. The van der Waals surface area contributed by atoms with Gasteiger partial charge in [-0.05, 0) is 93.7 Å². The van der Waals surface area contributed by atoms with E-state index in [0.717, 1.165) is 0 Å². The van der Waals surface area contributed by atoms with E-state index in [1.54, 1.807) is 39.0 Å². The van der Waals surface area contributed by atoms with Gasteiger partial charge in [-0.1, -0.05) is 51.2 Å². The fourth-order valence-corrected chi connectivity index (χ4v) is 9.95. The van der Waals surface area contributed by atoms with Crippen molar-refractivity contribution in [1.82, 2.24) is 0 Å². The van der Waals surface area contributed by atoms with Crippen molar-refractivity contribution in [1.29, 1.82) is 0 Å². The van der Waals surface area contributed by atoms with Crippen molar-refractivity contribution in [2.45, 2.75) is 103 Å². The number of alkyl halides is 1. The number of carboxylic acids is 1. The second-order valence-electron chi connectivity index (χ2n) is 14.9. The van der Waals surface area contributed by atoms with Crippen LogP contribution < -0.4 is 9.84 Å². The summed E-state index contributed by atoms with van der Waals surface area (Å²) in [6.45, 7) is 7.39. The third-order valence-corrected chi connectivity index (χ3v) is 12.9. The van der Waals surface area contributed by atoms with Crippen molar-refractivity contribution in [2.24, 2.45) is 28.6 Å². The zero-order valence-corrected chi connectivity index (χ0v) is 31.0. The third-order valence-electron chi connectivity index (χ3n) is 12.0. The molecule has 1 aromatic carbocycles. The van der Waals surface area contributed by atoms with Crippen LogP contribution in [0.3, 0.4) is 0 Å². The molecule has 0 saturated heterocycles. The number of phosphoric acid groups is 1. The van der Waals surface area contributed by atoms with E-state index in [1.165, 1.54) is 24.3 Å². The van der Waals surface area contributed by atoms with Gasteiger partial charge in [-0.3, -0.25) is 19.0 Å². The predicted octanol–water partition coefficient (Wildman–Crippen LogP) is 5.17. The number of carbonyl (C=O) groups is 3. The van der Waals surface area contributed by atoms with Crippen LogP contribution in [0.15, 0.2) is 48.1 Å². The quantitative estimate of drug-likeness (QED) is 0.132. The summed E-state index contributed by atoms with van der Waals surface area (Å²) in [5.74, 6) is 1.88. The fraction of sp³-hybridized carbons (Fsp3) is 0.605. The highest BCUT2D eigenvalue weighted by Crippen LogP contribution is 2.70. The van der Waals surface area contributed by atoms with E-state index in [2.05, 4.69) is 17.2 Å². The lowest BCUT2D eigenvalue weighted by atomic mass is 9.44. The van der Waals surface area contributed by atoms with E-state index in [1.807, 2.05) is 13.8 Å². The van der Waals surface area contributed by atoms with E-state index >= 15 is 4.39 Å². The van der Waals surface area contributed by atoms with Crippen LogP contribution in [0.25, 0.3) is 0 Å². The molecule has 0 aromatic heterocycles. The molecule has 5 rings (SSSR count). The molecule has 5 N–H and O–H groups in total. The lowest BCUT2D eigenvalue weighted by Gasteiger charge is -2.62. The number of rotatable bonds is 13. The van der Waals surface area contributed by atoms with E-state index in [-0.39, 0.29) is 30.4 Å². The zero-order valence-electron chi connectivity index (χ0n) is 30.1. The summed E-state index contributed by atoms with van der Waals surface area (Å²) in [6, 6.07) is 5.74. The lowest BCUT2D eigenvalue weighted by Crippen LogP contribution is -2.69. The van der Waals surface area contributed by atoms with E-state index in [4.69, 9.17) is 18.9 Å². The Hall–Kier alpha value is -3.37. The number of aliphatic hydroxyl groups is 2. The van der Waals surface area contributed by atoms with Gasteiger partial charge in [0, 0.05) is 22.4 Å². The number of hydrogen-bond acceptors (Lipinski definition) is 10. The number of phosphoric ester groups is 1. The average molecular weight is 746 g/mol. The van der Waals surface area contributed by atoms with E-state index in [0.29, 0.717) is 36.9 Å². The first-order valence-corrected chi connectivity index (χ1v) is 19.3. The van der Waals surface area contributed by atoms with Crippen molar-refractivity contribution >= 4 is 31.0 Å². The molecule has 0 radical (unpaired) electrons. The highest BCUT2D eigenvalue weighted by Gasteiger charge is 2.75. The van der Waals surface area contributed by atoms with E-state index < -0.39 is 84.9 Å². The van der Waals surface area contributed by atoms with Gasteiger partial charge >= 0.3 is 13.8 Å². The van der Waals surface area contributed by atoms with Crippen LogP contribution in [0, 0.1) is 40.4 Å². The number of benzene rings is 1. The number of carboxylic acid groups (broad SMARTS) is 1. The minimum atomic E-state index is -4.86. The summed E-state index contributed by atoms with van der Waals surface area (Å²) in [6.07, 6.45) is 4.16. The Morgan fingerprint density at radius 1 is 1.12 bits per heavy atom. The van der Waals surface area contributed by atoms with Crippen LogP contribution in [0.2, 0.25) is 0 Å². The minimum absolute atomic E-state index is 0.0246. The molecule has 3 unspecified atom stereocenters. The Labute approximate surface area is 303 Å². The zero-order chi connectivity index (χ0) is 38.3. The van der Waals surface area contributed by atoms with Gasteiger partial charge in [0.1, 0.15) is 30.7 Å². The molecule has 0 aliphatic heterocycles. The van der Waals surface area contributed by atoms with Crippen LogP contribution >= 0.6 is 7.82 Å². The summed E-state index contributed by atoms with van der Waals surface area (Å²) in [4.78, 5) is 47.3. The fourth-order valence-electron chi connectivity index (χ4n) is 9.23. The highest BCUT2D eigenvalue weighted by molar-refractivity contribution is 7.47. The Morgan fingerprint density at radius 2 is 1.81 bits per heavy atom. The lowest BCUT2D eigenvalue weighted by molar-refractivity contribution is -0.219. The number of ether oxygens (including phenoxy) is 1. The number of ketones is 2. The standard InChI is InChI=1S/C38H49FNO11P/c1-6-25(9-12-28(7-2)49-22-34(44)45)40-26-10-13-29(14-11-26)51-52(47,48)50-21-33(43)38(46)23(3)18-31-30-15-8-24-19-27(41)16-17-35(24,4)37(30,39)32(42)20-36(31,38)5/h10-11,13-14,16-17,19,23,25,28,30-32,40,42,46H,6-8,15,18,20-22H2,1-5H3,(H,44,45)(H,47,48)/t23-,25?,28?,30+,31+,32+,35+,36+,37+,38+/m1/s1. The van der Waals surface area contributed by atoms with Gasteiger partial charge < -0.3 is 29.9 Å². The first-order valence-electron chi connectivity index (χ1n) is 17.8. The summed E-state index contributed by atoms with van der Waals surface area (Å²) < 4.78 is 46.0. The summed E-state index contributed by atoms with van der Waals surface area (Å²) >= 11 is 0. The number of Topliss-reactive ketones (excluding diaryl/α,β-unsaturated/α-hetero) is 1. The highest BCUT2D eigenvalue weighted by atomic mass is 31.2. The Balaban J connectivity index is 1.23.